The number of anilines is 1. The predicted molar refractivity (Wildman–Crippen MR) is 90.1 cm³/mol. The van der Waals surface area contributed by atoms with Crippen molar-refractivity contribution in [3.8, 4) is 11.5 Å². The minimum atomic E-state index is -1.08. The number of para-hydroxylation sites is 1. The molecule has 0 aromatic heterocycles. The van der Waals surface area contributed by atoms with E-state index in [1.807, 2.05) is 6.92 Å². The number of hydrogen-bond donors (Lipinski definition) is 2. The summed E-state index contributed by atoms with van der Waals surface area (Å²) < 4.78 is 10.8. The summed E-state index contributed by atoms with van der Waals surface area (Å²) in [7, 11) is 1.48. The molecular formula is C18H19NO5. The highest BCUT2D eigenvalue weighted by Gasteiger charge is 2.16. The minimum Gasteiger partial charge on any atom is -0.496 e. The molecule has 0 aliphatic heterocycles. The summed E-state index contributed by atoms with van der Waals surface area (Å²) in [5.41, 5.74) is 0.718. The van der Waals surface area contributed by atoms with E-state index in [0.717, 1.165) is 6.42 Å². The van der Waals surface area contributed by atoms with Crippen molar-refractivity contribution < 1.29 is 24.2 Å². The summed E-state index contributed by atoms with van der Waals surface area (Å²) in [4.78, 5) is 23.7. The second-order valence-electron chi connectivity index (χ2n) is 5.02. The second-order valence-corrected chi connectivity index (χ2v) is 5.02. The van der Waals surface area contributed by atoms with Gasteiger partial charge in [0.15, 0.2) is 0 Å². The van der Waals surface area contributed by atoms with Gasteiger partial charge in [-0.15, -0.1) is 0 Å². The largest absolute Gasteiger partial charge is 0.496 e. The first-order valence-corrected chi connectivity index (χ1v) is 7.51. The third-order valence-corrected chi connectivity index (χ3v) is 3.29. The van der Waals surface area contributed by atoms with Crippen LogP contribution in [0.25, 0.3) is 0 Å². The topological polar surface area (TPSA) is 84.9 Å². The lowest BCUT2D eigenvalue weighted by Crippen LogP contribution is -2.15. The number of aromatic carboxylic acids is 1. The fraction of sp³-hybridized carbons (Fsp3) is 0.222. The van der Waals surface area contributed by atoms with Crippen molar-refractivity contribution in [2.75, 3.05) is 19.0 Å². The highest BCUT2D eigenvalue weighted by atomic mass is 16.5. The Morgan fingerprint density at radius 3 is 2.54 bits per heavy atom. The number of rotatable bonds is 7. The van der Waals surface area contributed by atoms with Crippen molar-refractivity contribution in [1.82, 2.24) is 0 Å². The lowest BCUT2D eigenvalue weighted by molar-refractivity contribution is 0.0696. The Kier molecular flexibility index (Phi) is 5.78. The van der Waals surface area contributed by atoms with Gasteiger partial charge in [-0.3, -0.25) is 4.79 Å². The number of nitrogens with one attached hydrogen (secondary N) is 1. The van der Waals surface area contributed by atoms with Crippen LogP contribution in [0.2, 0.25) is 0 Å². The van der Waals surface area contributed by atoms with E-state index >= 15 is 0 Å². The molecular weight excluding hydrogens is 310 g/mol. The highest BCUT2D eigenvalue weighted by molar-refractivity contribution is 6.07. The van der Waals surface area contributed by atoms with Crippen LogP contribution in [0.15, 0.2) is 42.5 Å². The summed E-state index contributed by atoms with van der Waals surface area (Å²) in [5, 5.41) is 11.8. The molecule has 0 fully saturated rings. The Morgan fingerprint density at radius 2 is 1.88 bits per heavy atom. The van der Waals surface area contributed by atoms with Crippen LogP contribution in [0, 0.1) is 0 Å². The molecule has 0 radical (unpaired) electrons. The van der Waals surface area contributed by atoms with Gasteiger partial charge in [0, 0.05) is 0 Å². The average Bonchev–Trinajstić information content (AvgIpc) is 2.60. The van der Waals surface area contributed by atoms with Crippen LogP contribution >= 0.6 is 0 Å². The van der Waals surface area contributed by atoms with Crippen LogP contribution in [0.4, 0.5) is 5.69 Å². The SMILES string of the molecule is CCCOc1ccc(C(=O)O)cc1NC(=O)c1ccccc1OC. The van der Waals surface area contributed by atoms with Gasteiger partial charge in [0.25, 0.3) is 5.91 Å². The molecule has 0 aliphatic rings. The fourth-order valence-electron chi connectivity index (χ4n) is 2.12. The van der Waals surface area contributed by atoms with Crippen LogP contribution < -0.4 is 14.8 Å². The lowest BCUT2D eigenvalue weighted by Gasteiger charge is -2.14. The van der Waals surface area contributed by atoms with Crippen LogP contribution in [0.1, 0.15) is 34.1 Å². The maximum atomic E-state index is 12.5. The van der Waals surface area contributed by atoms with Crippen molar-refractivity contribution in [1.29, 1.82) is 0 Å². The standard InChI is InChI=1S/C18H19NO5/c1-3-10-24-16-9-8-12(18(21)22)11-14(16)19-17(20)13-6-4-5-7-15(13)23-2/h4-9,11H,3,10H2,1-2H3,(H,19,20)(H,21,22). The monoisotopic (exact) mass is 329 g/mol. The van der Waals surface area contributed by atoms with E-state index in [9.17, 15) is 9.59 Å². The van der Waals surface area contributed by atoms with Crippen LogP contribution in [-0.4, -0.2) is 30.7 Å². The van der Waals surface area contributed by atoms with Crippen molar-refractivity contribution in [3.63, 3.8) is 0 Å². The third kappa shape index (κ3) is 4.04. The molecule has 2 N–H and O–H groups in total. The number of carboxylic acids is 1. The number of benzene rings is 2. The molecule has 0 saturated carbocycles. The molecule has 0 spiro atoms. The van der Waals surface area contributed by atoms with Crippen molar-refractivity contribution in [2.45, 2.75) is 13.3 Å². The Balaban J connectivity index is 2.33. The second kappa shape index (κ2) is 8.01. The highest BCUT2D eigenvalue weighted by Crippen LogP contribution is 2.28. The van der Waals surface area contributed by atoms with Gasteiger partial charge in [0.1, 0.15) is 11.5 Å². The van der Waals surface area contributed by atoms with Gasteiger partial charge < -0.3 is 19.9 Å². The molecule has 2 aromatic carbocycles. The van der Waals surface area contributed by atoms with Crippen LogP contribution in [0.3, 0.4) is 0 Å². The molecule has 0 bridgehead atoms. The van der Waals surface area contributed by atoms with Gasteiger partial charge in [-0.1, -0.05) is 19.1 Å². The van der Waals surface area contributed by atoms with E-state index in [1.54, 1.807) is 24.3 Å². The number of ether oxygens (including phenoxy) is 2. The number of carbonyl (C=O) groups is 2. The molecule has 126 valence electrons. The molecule has 1 amide bonds. The Labute approximate surface area is 140 Å². The van der Waals surface area contributed by atoms with E-state index in [1.165, 1.54) is 25.3 Å². The third-order valence-electron chi connectivity index (χ3n) is 3.29. The van der Waals surface area contributed by atoms with E-state index in [0.29, 0.717) is 29.4 Å². The molecule has 6 heteroatoms. The Hall–Kier alpha value is -3.02. The van der Waals surface area contributed by atoms with Gasteiger partial charge in [-0.2, -0.15) is 0 Å². The number of methoxy groups -OCH3 is 1. The Morgan fingerprint density at radius 1 is 1.12 bits per heavy atom. The van der Waals surface area contributed by atoms with Crippen LogP contribution in [-0.2, 0) is 0 Å². The maximum absolute atomic E-state index is 12.5. The molecule has 0 saturated heterocycles. The maximum Gasteiger partial charge on any atom is 0.335 e. The molecule has 2 aromatic rings. The number of amides is 1. The number of carboxylic acid groups (broad SMARTS) is 1. The van der Waals surface area contributed by atoms with E-state index in [-0.39, 0.29) is 5.56 Å². The smallest absolute Gasteiger partial charge is 0.335 e. The van der Waals surface area contributed by atoms with Gasteiger partial charge in [-0.25, -0.2) is 4.79 Å². The molecule has 2 rings (SSSR count). The molecule has 0 atom stereocenters. The van der Waals surface area contributed by atoms with Crippen LogP contribution in [0.5, 0.6) is 11.5 Å². The van der Waals surface area contributed by atoms with Gasteiger partial charge in [-0.05, 0) is 36.8 Å². The number of hydrogen-bond acceptors (Lipinski definition) is 4. The summed E-state index contributed by atoms with van der Waals surface area (Å²) in [6, 6.07) is 11.1. The summed E-state index contributed by atoms with van der Waals surface area (Å²) in [6.07, 6.45) is 0.792. The minimum absolute atomic E-state index is 0.0641. The molecule has 0 heterocycles. The zero-order valence-electron chi connectivity index (χ0n) is 13.5. The van der Waals surface area contributed by atoms with Gasteiger partial charge in [0.2, 0.25) is 0 Å². The molecule has 6 nitrogen and oxygen atoms in total. The van der Waals surface area contributed by atoms with Gasteiger partial charge >= 0.3 is 5.97 Å². The average molecular weight is 329 g/mol. The van der Waals surface area contributed by atoms with E-state index < -0.39 is 11.9 Å². The first kappa shape index (κ1) is 17.3. The summed E-state index contributed by atoms with van der Waals surface area (Å²) in [5.74, 6) is -0.633. The van der Waals surface area contributed by atoms with Crippen molar-refractivity contribution in [2.24, 2.45) is 0 Å². The summed E-state index contributed by atoms with van der Waals surface area (Å²) in [6.45, 7) is 2.42. The quantitative estimate of drug-likeness (QED) is 0.813. The lowest BCUT2D eigenvalue weighted by atomic mass is 10.1. The van der Waals surface area contributed by atoms with Gasteiger partial charge in [0.05, 0.1) is 30.5 Å². The van der Waals surface area contributed by atoms with Crippen molar-refractivity contribution >= 4 is 17.6 Å². The number of carbonyl (C=O) groups excluding carboxylic acids is 1. The molecule has 0 unspecified atom stereocenters. The Bertz CT molecular complexity index is 742. The molecule has 0 aliphatic carbocycles. The first-order valence-electron chi connectivity index (χ1n) is 7.51. The zero-order chi connectivity index (χ0) is 17.5. The van der Waals surface area contributed by atoms with Crippen molar-refractivity contribution in [3.05, 3.63) is 53.6 Å². The first-order chi connectivity index (χ1) is 11.6. The summed E-state index contributed by atoms with van der Waals surface area (Å²) >= 11 is 0. The van der Waals surface area contributed by atoms with E-state index in [4.69, 9.17) is 14.6 Å². The fourth-order valence-corrected chi connectivity index (χ4v) is 2.12. The van der Waals surface area contributed by atoms with E-state index in [2.05, 4.69) is 5.32 Å². The molecule has 24 heavy (non-hydrogen) atoms. The normalized spacial score (nSPS) is 10.1. The zero-order valence-corrected chi connectivity index (χ0v) is 13.5. The predicted octanol–water partition coefficient (Wildman–Crippen LogP) is 3.43.